The second kappa shape index (κ2) is 6.28. The third-order valence-corrected chi connectivity index (χ3v) is 5.51. The van der Waals surface area contributed by atoms with Crippen LogP contribution in [-0.2, 0) is 0 Å². The highest BCUT2D eigenvalue weighted by molar-refractivity contribution is 7.18. The summed E-state index contributed by atoms with van der Waals surface area (Å²) < 4.78 is 5.88. The van der Waals surface area contributed by atoms with Crippen molar-refractivity contribution >= 4 is 22.4 Å². The first-order chi connectivity index (χ1) is 12.9. The topological polar surface area (TPSA) is 26.0 Å². The van der Waals surface area contributed by atoms with Gasteiger partial charge in [-0.1, -0.05) is 66.7 Å². The highest BCUT2D eigenvalue weighted by Gasteiger charge is 2.11. The standard InChI is InChI=1S/C23H15NOS/c1-2-6-16(7-3-1)17-10-12-18(13-11-17)21-14-15-22(26-21)23-24-19-8-4-5-9-20(19)25-23/h1-15H. The van der Waals surface area contributed by atoms with Crippen LogP contribution in [-0.4, -0.2) is 4.98 Å². The number of fused-ring (bicyclic) bond motifs is 1. The Labute approximate surface area is 155 Å². The fourth-order valence-electron chi connectivity index (χ4n) is 3.04. The fourth-order valence-corrected chi connectivity index (χ4v) is 3.98. The lowest BCUT2D eigenvalue weighted by Crippen LogP contribution is -1.77. The molecule has 0 unspecified atom stereocenters. The molecular formula is C23H15NOS. The van der Waals surface area contributed by atoms with Crippen LogP contribution in [0.2, 0.25) is 0 Å². The monoisotopic (exact) mass is 353 g/mol. The van der Waals surface area contributed by atoms with Crippen LogP contribution in [0, 0.1) is 0 Å². The maximum atomic E-state index is 5.88. The van der Waals surface area contributed by atoms with Gasteiger partial charge in [-0.2, -0.15) is 0 Å². The Balaban J connectivity index is 1.46. The van der Waals surface area contributed by atoms with E-state index >= 15 is 0 Å². The molecule has 0 aliphatic carbocycles. The quantitative estimate of drug-likeness (QED) is 0.353. The molecule has 0 fully saturated rings. The van der Waals surface area contributed by atoms with Gasteiger partial charge < -0.3 is 4.42 Å². The minimum absolute atomic E-state index is 0.684. The smallest absolute Gasteiger partial charge is 0.237 e. The molecular weight excluding hydrogens is 338 g/mol. The SMILES string of the molecule is c1ccc(-c2ccc(-c3ccc(-c4nc5ccccc5o4)s3)cc2)cc1. The van der Waals surface area contributed by atoms with Crippen LogP contribution in [0.25, 0.3) is 43.4 Å². The zero-order valence-corrected chi connectivity index (χ0v) is 14.7. The van der Waals surface area contributed by atoms with Crippen LogP contribution in [0.5, 0.6) is 0 Å². The summed E-state index contributed by atoms with van der Waals surface area (Å²) in [6.07, 6.45) is 0. The van der Waals surface area contributed by atoms with Crippen molar-refractivity contribution in [3.8, 4) is 32.3 Å². The van der Waals surface area contributed by atoms with Gasteiger partial charge in [0, 0.05) is 4.88 Å². The van der Waals surface area contributed by atoms with Crippen LogP contribution in [0.3, 0.4) is 0 Å². The number of aromatic nitrogens is 1. The zero-order valence-electron chi connectivity index (χ0n) is 13.9. The Morgan fingerprint density at radius 1 is 0.577 bits per heavy atom. The minimum Gasteiger partial charge on any atom is -0.435 e. The molecule has 0 bridgehead atoms. The van der Waals surface area contributed by atoms with E-state index in [0.29, 0.717) is 5.89 Å². The summed E-state index contributed by atoms with van der Waals surface area (Å²) in [4.78, 5) is 6.84. The summed E-state index contributed by atoms with van der Waals surface area (Å²) in [6.45, 7) is 0. The molecule has 0 aliphatic heterocycles. The molecule has 2 heterocycles. The average molecular weight is 353 g/mol. The average Bonchev–Trinajstić information content (AvgIpc) is 3.36. The first-order valence-corrected chi connectivity index (χ1v) is 9.30. The molecule has 124 valence electrons. The Morgan fingerprint density at radius 3 is 2.04 bits per heavy atom. The molecule has 5 aromatic rings. The summed E-state index contributed by atoms with van der Waals surface area (Å²) in [5.41, 5.74) is 5.38. The van der Waals surface area contributed by atoms with Gasteiger partial charge >= 0.3 is 0 Å². The van der Waals surface area contributed by atoms with Gasteiger partial charge in [-0.15, -0.1) is 11.3 Å². The molecule has 0 amide bonds. The fraction of sp³-hybridized carbons (Fsp3) is 0. The maximum absolute atomic E-state index is 5.88. The number of thiophene rings is 1. The predicted octanol–water partition coefficient (Wildman–Crippen LogP) is 6.89. The minimum atomic E-state index is 0.684. The molecule has 0 saturated heterocycles. The molecule has 0 aliphatic rings. The summed E-state index contributed by atoms with van der Waals surface area (Å²) in [5, 5.41) is 0. The van der Waals surface area contributed by atoms with E-state index < -0.39 is 0 Å². The highest BCUT2D eigenvalue weighted by atomic mass is 32.1. The molecule has 2 nitrogen and oxygen atoms in total. The van der Waals surface area contributed by atoms with Crippen molar-refractivity contribution in [3.63, 3.8) is 0 Å². The van der Waals surface area contributed by atoms with Gasteiger partial charge in [0.25, 0.3) is 0 Å². The van der Waals surface area contributed by atoms with E-state index in [0.717, 1.165) is 16.0 Å². The van der Waals surface area contributed by atoms with E-state index in [1.54, 1.807) is 11.3 Å². The third-order valence-electron chi connectivity index (χ3n) is 4.39. The number of hydrogen-bond acceptors (Lipinski definition) is 3. The Hall–Kier alpha value is -3.17. The van der Waals surface area contributed by atoms with Crippen molar-refractivity contribution in [2.24, 2.45) is 0 Å². The van der Waals surface area contributed by atoms with E-state index in [9.17, 15) is 0 Å². The van der Waals surface area contributed by atoms with Gasteiger partial charge in [0.1, 0.15) is 5.52 Å². The zero-order chi connectivity index (χ0) is 17.3. The van der Waals surface area contributed by atoms with Gasteiger partial charge in [0.15, 0.2) is 5.58 Å². The van der Waals surface area contributed by atoms with Crippen molar-refractivity contribution in [2.75, 3.05) is 0 Å². The first kappa shape index (κ1) is 15.1. The van der Waals surface area contributed by atoms with E-state index in [1.807, 2.05) is 30.3 Å². The molecule has 0 radical (unpaired) electrons. The Bertz CT molecular complexity index is 1140. The van der Waals surface area contributed by atoms with Gasteiger partial charge in [0.2, 0.25) is 5.89 Å². The van der Waals surface area contributed by atoms with Crippen molar-refractivity contribution in [1.29, 1.82) is 0 Å². The van der Waals surface area contributed by atoms with Crippen LogP contribution in [0.15, 0.2) is 95.4 Å². The summed E-state index contributed by atoms with van der Waals surface area (Å²) >= 11 is 1.70. The number of nitrogens with zero attached hydrogens (tertiary/aromatic N) is 1. The van der Waals surface area contributed by atoms with Crippen molar-refractivity contribution in [3.05, 3.63) is 91.0 Å². The number of para-hydroxylation sites is 2. The molecule has 0 spiro atoms. The second-order valence-electron chi connectivity index (χ2n) is 6.09. The second-order valence-corrected chi connectivity index (χ2v) is 7.18. The lowest BCUT2D eigenvalue weighted by molar-refractivity contribution is 0.621. The molecule has 0 N–H and O–H groups in total. The van der Waals surface area contributed by atoms with Crippen LogP contribution in [0.1, 0.15) is 0 Å². The molecule has 26 heavy (non-hydrogen) atoms. The van der Waals surface area contributed by atoms with E-state index in [1.165, 1.54) is 21.6 Å². The lowest BCUT2D eigenvalue weighted by Gasteiger charge is -2.03. The van der Waals surface area contributed by atoms with E-state index in [-0.39, 0.29) is 0 Å². The number of rotatable bonds is 3. The number of benzene rings is 3. The predicted molar refractivity (Wildman–Crippen MR) is 108 cm³/mol. The van der Waals surface area contributed by atoms with Gasteiger partial charge in [-0.25, -0.2) is 4.98 Å². The third kappa shape index (κ3) is 2.72. The van der Waals surface area contributed by atoms with Crippen molar-refractivity contribution < 1.29 is 4.42 Å². The van der Waals surface area contributed by atoms with E-state index in [4.69, 9.17) is 4.42 Å². The van der Waals surface area contributed by atoms with Crippen LogP contribution >= 0.6 is 11.3 Å². The Morgan fingerprint density at radius 2 is 1.23 bits per heavy atom. The molecule has 5 rings (SSSR count). The summed E-state index contributed by atoms with van der Waals surface area (Å²) in [7, 11) is 0. The van der Waals surface area contributed by atoms with Crippen molar-refractivity contribution in [2.45, 2.75) is 0 Å². The molecule has 3 heteroatoms. The molecule has 3 aromatic carbocycles. The normalized spacial score (nSPS) is 11.1. The van der Waals surface area contributed by atoms with Crippen molar-refractivity contribution in [1.82, 2.24) is 4.98 Å². The maximum Gasteiger partial charge on any atom is 0.237 e. The summed E-state index contributed by atoms with van der Waals surface area (Å²) in [6, 6.07) is 31.2. The largest absolute Gasteiger partial charge is 0.435 e. The van der Waals surface area contributed by atoms with Crippen LogP contribution in [0.4, 0.5) is 0 Å². The molecule has 0 saturated carbocycles. The summed E-state index contributed by atoms with van der Waals surface area (Å²) in [5.74, 6) is 0.684. The lowest BCUT2D eigenvalue weighted by atomic mass is 10.0. The van der Waals surface area contributed by atoms with Gasteiger partial charge in [-0.05, 0) is 41.0 Å². The van der Waals surface area contributed by atoms with E-state index in [2.05, 4.69) is 65.6 Å². The molecule has 0 atom stereocenters. The molecule has 2 aromatic heterocycles. The number of oxazole rings is 1. The Kier molecular flexibility index (Phi) is 3.65. The highest BCUT2D eigenvalue weighted by Crippen LogP contribution is 2.36. The first-order valence-electron chi connectivity index (χ1n) is 8.48. The van der Waals surface area contributed by atoms with Gasteiger partial charge in [-0.3, -0.25) is 0 Å². The number of hydrogen-bond donors (Lipinski definition) is 0. The van der Waals surface area contributed by atoms with Crippen LogP contribution < -0.4 is 0 Å². The van der Waals surface area contributed by atoms with Gasteiger partial charge in [0.05, 0.1) is 4.88 Å².